The average molecular weight is 488 g/mol. The van der Waals surface area contributed by atoms with E-state index in [-0.39, 0.29) is 0 Å². The van der Waals surface area contributed by atoms with E-state index in [2.05, 4.69) is 126 Å². The minimum Gasteiger partial charge on any atom is -0.455 e. The molecule has 2 nitrogen and oxygen atoms in total. The smallest absolute Gasteiger partial charge is 0.145 e. The molecule has 38 heavy (non-hydrogen) atoms. The topological polar surface area (TPSA) is 18.1 Å². The minimum atomic E-state index is 0.939. The summed E-state index contributed by atoms with van der Waals surface area (Å²) in [6.07, 6.45) is 6.63. The van der Waals surface area contributed by atoms with Crippen molar-refractivity contribution < 1.29 is 4.42 Å². The Morgan fingerprint density at radius 2 is 1.29 bits per heavy atom. The first-order valence-electron chi connectivity index (χ1n) is 13.3. The normalized spacial score (nSPS) is 12.9. The van der Waals surface area contributed by atoms with Crippen molar-refractivity contribution in [2.24, 2.45) is 0 Å². The van der Waals surface area contributed by atoms with E-state index in [1.165, 1.54) is 60.9 Å². The van der Waals surface area contributed by atoms with Crippen LogP contribution in [-0.2, 0) is 6.42 Å². The van der Waals surface area contributed by atoms with Gasteiger partial charge in [0.15, 0.2) is 0 Å². The summed E-state index contributed by atoms with van der Waals surface area (Å²) in [5.41, 5.74) is 11.8. The third-order valence-electron chi connectivity index (χ3n) is 7.84. The van der Waals surface area contributed by atoms with E-state index in [9.17, 15) is 0 Å². The molecule has 0 spiro atoms. The highest BCUT2D eigenvalue weighted by atomic mass is 16.3. The highest BCUT2D eigenvalue weighted by Crippen LogP contribution is 2.42. The van der Waals surface area contributed by atoms with Crippen molar-refractivity contribution in [2.45, 2.75) is 12.8 Å². The lowest BCUT2D eigenvalue weighted by molar-refractivity contribution is 0.672. The summed E-state index contributed by atoms with van der Waals surface area (Å²) in [4.78, 5) is 0. The number of aromatic nitrogens is 1. The van der Waals surface area contributed by atoms with Crippen LogP contribution in [0.5, 0.6) is 0 Å². The summed E-state index contributed by atoms with van der Waals surface area (Å²) in [5, 5.41) is 3.55. The Balaban J connectivity index is 1.47. The van der Waals surface area contributed by atoms with Crippen LogP contribution in [0.25, 0.3) is 66.9 Å². The fourth-order valence-electron chi connectivity index (χ4n) is 6.11. The van der Waals surface area contributed by atoms with Crippen LogP contribution in [0.1, 0.15) is 17.7 Å². The Morgan fingerprint density at radius 1 is 0.605 bits per heavy atom. The van der Waals surface area contributed by atoms with E-state index in [1.807, 2.05) is 6.07 Å². The summed E-state index contributed by atoms with van der Waals surface area (Å²) in [6.45, 7) is 0. The van der Waals surface area contributed by atoms with Gasteiger partial charge in [0.25, 0.3) is 0 Å². The molecule has 0 saturated heterocycles. The van der Waals surface area contributed by atoms with E-state index in [4.69, 9.17) is 4.42 Å². The van der Waals surface area contributed by atoms with E-state index < -0.39 is 0 Å². The lowest BCUT2D eigenvalue weighted by Gasteiger charge is -2.16. The van der Waals surface area contributed by atoms with Crippen molar-refractivity contribution in [3.8, 4) is 27.9 Å². The summed E-state index contributed by atoms with van der Waals surface area (Å²) in [7, 11) is 0. The monoisotopic (exact) mass is 487 g/mol. The predicted molar refractivity (Wildman–Crippen MR) is 159 cm³/mol. The first-order valence-corrected chi connectivity index (χ1v) is 13.3. The molecule has 0 bridgehead atoms. The van der Waals surface area contributed by atoms with Crippen LogP contribution in [0.2, 0.25) is 0 Å². The Labute approximate surface area is 221 Å². The number of para-hydroxylation sites is 1. The molecule has 180 valence electrons. The molecule has 1 aliphatic carbocycles. The van der Waals surface area contributed by atoms with Crippen LogP contribution in [0, 0.1) is 0 Å². The zero-order valence-corrected chi connectivity index (χ0v) is 20.9. The molecule has 2 aromatic heterocycles. The summed E-state index contributed by atoms with van der Waals surface area (Å²) in [5.74, 6) is 0. The standard InChI is InChI=1S/C36H25NO/c1-3-11-24(12-4-1)26-21-27(25-13-5-2-6-14-25)23-28(22-26)37-32-17-9-7-16-31(32)35-33(37)20-19-30-29-15-8-10-18-34(29)38-36(30)35/h1-8,10-16,18-23H,9,17H2. The van der Waals surface area contributed by atoms with Gasteiger partial charge < -0.3 is 8.98 Å². The Hall–Kier alpha value is -4.82. The van der Waals surface area contributed by atoms with Crippen molar-refractivity contribution in [3.05, 3.63) is 133 Å². The molecule has 5 aromatic carbocycles. The van der Waals surface area contributed by atoms with Gasteiger partial charge in [-0.25, -0.2) is 0 Å². The molecule has 0 fully saturated rings. The van der Waals surface area contributed by atoms with Gasteiger partial charge in [-0.05, 0) is 71.5 Å². The van der Waals surface area contributed by atoms with Gasteiger partial charge in [-0.3, -0.25) is 0 Å². The second kappa shape index (κ2) is 8.36. The highest BCUT2D eigenvalue weighted by Gasteiger charge is 2.23. The van der Waals surface area contributed by atoms with Crippen molar-refractivity contribution in [1.82, 2.24) is 4.57 Å². The SMILES string of the molecule is C1=Cc2c(n(-c3cc(-c4ccccc4)cc(-c4ccccc4)c3)c3ccc4c5ccccc5oc4c23)CC1. The second-order valence-electron chi connectivity index (χ2n) is 10.1. The van der Waals surface area contributed by atoms with E-state index >= 15 is 0 Å². The number of benzene rings is 5. The molecule has 2 heterocycles. The van der Waals surface area contributed by atoms with Crippen molar-refractivity contribution in [3.63, 3.8) is 0 Å². The summed E-state index contributed by atoms with van der Waals surface area (Å²) >= 11 is 0. The Kier molecular flexibility index (Phi) is 4.68. The van der Waals surface area contributed by atoms with Crippen LogP contribution in [0.4, 0.5) is 0 Å². The maximum atomic E-state index is 6.52. The maximum absolute atomic E-state index is 6.52. The molecular formula is C36H25NO. The summed E-state index contributed by atoms with van der Waals surface area (Å²) in [6, 6.07) is 41.2. The molecule has 2 heteroatoms. The first-order chi connectivity index (χ1) is 18.8. The molecule has 0 saturated carbocycles. The molecule has 0 N–H and O–H groups in total. The van der Waals surface area contributed by atoms with Gasteiger partial charge in [0.1, 0.15) is 11.2 Å². The maximum Gasteiger partial charge on any atom is 0.145 e. The molecule has 0 atom stereocenters. The average Bonchev–Trinajstić information content (AvgIpc) is 3.53. The van der Waals surface area contributed by atoms with Crippen LogP contribution in [0.15, 0.2) is 126 Å². The molecule has 8 rings (SSSR count). The Bertz CT molecular complexity index is 1950. The lowest BCUT2D eigenvalue weighted by atomic mass is 9.97. The second-order valence-corrected chi connectivity index (χ2v) is 10.1. The van der Waals surface area contributed by atoms with Gasteiger partial charge in [-0.1, -0.05) is 91.0 Å². The lowest BCUT2D eigenvalue weighted by Crippen LogP contribution is -2.03. The highest BCUT2D eigenvalue weighted by molar-refractivity contribution is 6.17. The van der Waals surface area contributed by atoms with E-state index in [1.54, 1.807) is 0 Å². The minimum absolute atomic E-state index is 0.939. The number of furan rings is 1. The number of fused-ring (bicyclic) bond motifs is 7. The number of allylic oxidation sites excluding steroid dienone is 1. The van der Waals surface area contributed by atoms with Gasteiger partial charge in [-0.15, -0.1) is 0 Å². The molecule has 0 amide bonds. The fraction of sp³-hybridized carbons (Fsp3) is 0.0556. The first kappa shape index (κ1) is 21.3. The summed E-state index contributed by atoms with van der Waals surface area (Å²) < 4.78 is 8.99. The Morgan fingerprint density at radius 3 is 2.03 bits per heavy atom. The van der Waals surface area contributed by atoms with E-state index in [0.717, 1.165) is 24.0 Å². The van der Waals surface area contributed by atoms with Crippen LogP contribution in [-0.4, -0.2) is 4.57 Å². The molecule has 0 aliphatic heterocycles. The van der Waals surface area contributed by atoms with Crippen molar-refractivity contribution >= 4 is 38.9 Å². The molecule has 7 aromatic rings. The zero-order chi connectivity index (χ0) is 25.1. The van der Waals surface area contributed by atoms with Crippen molar-refractivity contribution in [2.75, 3.05) is 0 Å². The van der Waals surface area contributed by atoms with Gasteiger partial charge in [0.05, 0.1) is 10.9 Å². The van der Waals surface area contributed by atoms with E-state index in [0.29, 0.717) is 0 Å². The van der Waals surface area contributed by atoms with Crippen LogP contribution in [0.3, 0.4) is 0 Å². The van der Waals surface area contributed by atoms with Gasteiger partial charge in [0, 0.05) is 27.7 Å². The number of hydrogen-bond donors (Lipinski definition) is 0. The number of hydrogen-bond acceptors (Lipinski definition) is 1. The zero-order valence-electron chi connectivity index (χ0n) is 20.9. The third kappa shape index (κ3) is 3.20. The molecule has 1 aliphatic rings. The van der Waals surface area contributed by atoms with Gasteiger partial charge in [0.2, 0.25) is 0 Å². The van der Waals surface area contributed by atoms with Gasteiger partial charge in [-0.2, -0.15) is 0 Å². The largest absolute Gasteiger partial charge is 0.455 e. The quantitative estimate of drug-likeness (QED) is 0.242. The molecule has 0 unspecified atom stereocenters. The fourth-order valence-corrected chi connectivity index (χ4v) is 6.11. The predicted octanol–water partition coefficient (Wildman–Crippen LogP) is 9.82. The number of nitrogens with zero attached hydrogens (tertiary/aromatic N) is 1. The molecule has 0 radical (unpaired) electrons. The number of rotatable bonds is 3. The van der Waals surface area contributed by atoms with Crippen LogP contribution >= 0.6 is 0 Å². The van der Waals surface area contributed by atoms with Crippen molar-refractivity contribution in [1.29, 1.82) is 0 Å². The molecular weight excluding hydrogens is 462 g/mol. The van der Waals surface area contributed by atoms with Crippen LogP contribution < -0.4 is 0 Å². The van der Waals surface area contributed by atoms with Gasteiger partial charge >= 0.3 is 0 Å². The third-order valence-corrected chi connectivity index (χ3v) is 7.84.